The second-order valence-corrected chi connectivity index (χ2v) is 5.92. The molecule has 0 radical (unpaired) electrons. The van der Waals surface area contributed by atoms with E-state index >= 15 is 0 Å². The number of nitrogens with one attached hydrogen (secondary N) is 1. The number of aromatic nitrogens is 6. The Morgan fingerprint density at radius 1 is 1.35 bits per heavy atom. The van der Waals surface area contributed by atoms with Crippen LogP contribution in [0.4, 0.5) is 5.82 Å². The summed E-state index contributed by atoms with van der Waals surface area (Å²) in [6.07, 6.45) is 6.26. The predicted octanol–water partition coefficient (Wildman–Crippen LogP) is 1.02. The van der Waals surface area contributed by atoms with Crippen molar-refractivity contribution in [3.05, 3.63) is 24.2 Å². The van der Waals surface area contributed by atoms with Gasteiger partial charge >= 0.3 is 0 Å². The first-order valence-electron chi connectivity index (χ1n) is 8.38. The number of piperidine rings is 1. The maximum Gasteiger partial charge on any atom is 0.165 e. The molecular weight excluding hydrogens is 292 g/mol. The Bertz CT molecular complexity index is 584. The lowest BCUT2D eigenvalue weighted by molar-refractivity contribution is 0.407. The molecule has 8 heteroatoms. The van der Waals surface area contributed by atoms with Crippen LogP contribution in [0.5, 0.6) is 0 Å². The molecule has 0 unspecified atom stereocenters. The molecule has 1 aliphatic heterocycles. The fourth-order valence-corrected chi connectivity index (χ4v) is 2.88. The van der Waals surface area contributed by atoms with E-state index in [9.17, 15) is 0 Å². The third-order valence-corrected chi connectivity index (χ3v) is 4.18. The SMILES string of the molecule is CCCCn1nnnc1CN[C@@H]1CCCN(c2cccnn2)C1. The number of hydrogen-bond donors (Lipinski definition) is 1. The van der Waals surface area contributed by atoms with Crippen LogP contribution in [0.1, 0.15) is 38.4 Å². The van der Waals surface area contributed by atoms with Gasteiger partial charge in [0.2, 0.25) is 0 Å². The Balaban J connectivity index is 1.53. The van der Waals surface area contributed by atoms with Gasteiger partial charge in [-0.05, 0) is 41.8 Å². The van der Waals surface area contributed by atoms with Gasteiger partial charge in [0.1, 0.15) is 0 Å². The van der Waals surface area contributed by atoms with Crippen LogP contribution in [0.25, 0.3) is 0 Å². The molecule has 3 rings (SSSR count). The topological polar surface area (TPSA) is 84.7 Å². The molecule has 0 spiro atoms. The highest BCUT2D eigenvalue weighted by Crippen LogP contribution is 2.16. The molecule has 3 heterocycles. The second-order valence-electron chi connectivity index (χ2n) is 5.92. The molecule has 8 nitrogen and oxygen atoms in total. The van der Waals surface area contributed by atoms with Crippen LogP contribution in [0, 0.1) is 0 Å². The highest BCUT2D eigenvalue weighted by atomic mass is 15.5. The number of anilines is 1. The normalized spacial score (nSPS) is 18.3. The van der Waals surface area contributed by atoms with Crippen molar-refractivity contribution >= 4 is 5.82 Å². The van der Waals surface area contributed by atoms with E-state index in [0.717, 1.165) is 57.0 Å². The van der Waals surface area contributed by atoms with Crippen LogP contribution in [0.15, 0.2) is 18.3 Å². The van der Waals surface area contributed by atoms with Gasteiger partial charge in [-0.1, -0.05) is 13.3 Å². The summed E-state index contributed by atoms with van der Waals surface area (Å²) in [4.78, 5) is 2.29. The lowest BCUT2D eigenvalue weighted by Crippen LogP contribution is -2.46. The molecule has 1 atom stereocenters. The van der Waals surface area contributed by atoms with Crippen molar-refractivity contribution in [2.24, 2.45) is 0 Å². The van der Waals surface area contributed by atoms with Crippen LogP contribution in [-0.2, 0) is 13.1 Å². The summed E-state index contributed by atoms with van der Waals surface area (Å²) in [5.74, 6) is 1.86. The van der Waals surface area contributed by atoms with Gasteiger partial charge in [0.25, 0.3) is 0 Å². The van der Waals surface area contributed by atoms with E-state index in [0.29, 0.717) is 12.6 Å². The first-order chi connectivity index (χ1) is 11.4. The fraction of sp³-hybridized carbons (Fsp3) is 0.667. The first-order valence-corrected chi connectivity index (χ1v) is 8.38. The Hall–Kier alpha value is -2.09. The van der Waals surface area contributed by atoms with Gasteiger partial charge in [-0.3, -0.25) is 0 Å². The van der Waals surface area contributed by atoms with Crippen molar-refractivity contribution in [3.8, 4) is 0 Å². The van der Waals surface area contributed by atoms with Crippen molar-refractivity contribution in [1.82, 2.24) is 35.7 Å². The number of hydrogen-bond acceptors (Lipinski definition) is 7. The van der Waals surface area contributed by atoms with Crippen molar-refractivity contribution in [2.45, 2.75) is 51.7 Å². The zero-order valence-electron chi connectivity index (χ0n) is 13.6. The molecule has 0 bridgehead atoms. The molecule has 0 aliphatic carbocycles. The van der Waals surface area contributed by atoms with Crippen LogP contribution in [-0.4, -0.2) is 49.5 Å². The van der Waals surface area contributed by atoms with E-state index in [1.54, 1.807) is 6.20 Å². The molecule has 1 N–H and O–H groups in total. The number of tetrazole rings is 1. The predicted molar refractivity (Wildman–Crippen MR) is 86.8 cm³/mol. The summed E-state index contributed by atoms with van der Waals surface area (Å²) in [7, 11) is 0. The van der Waals surface area contributed by atoms with Crippen molar-refractivity contribution in [2.75, 3.05) is 18.0 Å². The minimum absolute atomic E-state index is 0.419. The molecule has 1 aliphatic rings. The van der Waals surface area contributed by atoms with E-state index in [2.05, 4.69) is 42.9 Å². The largest absolute Gasteiger partial charge is 0.354 e. The van der Waals surface area contributed by atoms with Crippen molar-refractivity contribution in [1.29, 1.82) is 0 Å². The van der Waals surface area contributed by atoms with E-state index in [-0.39, 0.29) is 0 Å². The van der Waals surface area contributed by atoms with Gasteiger partial charge in [0.15, 0.2) is 11.6 Å². The van der Waals surface area contributed by atoms with Gasteiger partial charge < -0.3 is 10.2 Å². The van der Waals surface area contributed by atoms with E-state index < -0.39 is 0 Å². The number of rotatable bonds is 7. The average molecular weight is 316 g/mol. The zero-order valence-corrected chi connectivity index (χ0v) is 13.6. The monoisotopic (exact) mass is 316 g/mol. The molecule has 2 aromatic heterocycles. The Morgan fingerprint density at radius 2 is 2.30 bits per heavy atom. The summed E-state index contributed by atoms with van der Waals surface area (Å²) >= 11 is 0. The van der Waals surface area contributed by atoms with E-state index in [1.165, 1.54) is 0 Å². The smallest absolute Gasteiger partial charge is 0.165 e. The second kappa shape index (κ2) is 7.96. The molecule has 2 aromatic rings. The molecular formula is C15H24N8. The van der Waals surface area contributed by atoms with E-state index in [4.69, 9.17) is 0 Å². The Morgan fingerprint density at radius 3 is 3.13 bits per heavy atom. The van der Waals surface area contributed by atoms with Gasteiger partial charge in [-0.15, -0.1) is 10.2 Å². The average Bonchev–Trinajstić information content (AvgIpc) is 3.06. The molecule has 124 valence electrons. The maximum atomic E-state index is 4.21. The highest BCUT2D eigenvalue weighted by Gasteiger charge is 2.21. The van der Waals surface area contributed by atoms with Crippen molar-refractivity contribution < 1.29 is 0 Å². The van der Waals surface area contributed by atoms with Crippen LogP contribution in [0.3, 0.4) is 0 Å². The molecule has 1 fully saturated rings. The molecule has 0 saturated carbocycles. The number of unbranched alkanes of at least 4 members (excludes halogenated alkanes) is 1. The zero-order chi connectivity index (χ0) is 15.9. The third-order valence-electron chi connectivity index (χ3n) is 4.18. The molecule has 0 aromatic carbocycles. The quantitative estimate of drug-likeness (QED) is 0.816. The third kappa shape index (κ3) is 4.22. The van der Waals surface area contributed by atoms with E-state index in [1.807, 2.05) is 16.8 Å². The van der Waals surface area contributed by atoms with Crippen LogP contribution in [0.2, 0.25) is 0 Å². The van der Waals surface area contributed by atoms with Crippen LogP contribution < -0.4 is 10.2 Å². The lowest BCUT2D eigenvalue weighted by Gasteiger charge is -2.33. The fourth-order valence-electron chi connectivity index (χ4n) is 2.88. The summed E-state index contributed by atoms with van der Waals surface area (Å²) in [6, 6.07) is 4.36. The van der Waals surface area contributed by atoms with Crippen LogP contribution >= 0.6 is 0 Å². The van der Waals surface area contributed by atoms with Crippen molar-refractivity contribution in [3.63, 3.8) is 0 Å². The maximum absolute atomic E-state index is 4.21. The number of nitrogens with zero attached hydrogens (tertiary/aromatic N) is 7. The molecule has 0 amide bonds. The first kappa shape index (κ1) is 15.8. The summed E-state index contributed by atoms with van der Waals surface area (Å²) < 4.78 is 1.90. The lowest BCUT2D eigenvalue weighted by atomic mass is 10.1. The summed E-state index contributed by atoms with van der Waals surface area (Å²) in [6.45, 7) is 5.73. The highest BCUT2D eigenvalue weighted by molar-refractivity contribution is 5.37. The summed E-state index contributed by atoms with van der Waals surface area (Å²) in [5.41, 5.74) is 0. The van der Waals surface area contributed by atoms with Gasteiger partial charge in [-0.25, -0.2) is 4.68 Å². The summed E-state index contributed by atoms with van der Waals surface area (Å²) in [5, 5.41) is 23.8. The minimum atomic E-state index is 0.419. The molecule has 23 heavy (non-hydrogen) atoms. The van der Waals surface area contributed by atoms with Gasteiger partial charge in [0, 0.05) is 31.9 Å². The Kier molecular flexibility index (Phi) is 5.46. The van der Waals surface area contributed by atoms with Gasteiger partial charge in [0.05, 0.1) is 6.54 Å². The standard InChI is InChI=1S/C15H24N8/c1-2-3-10-23-15(19-20-21-23)11-16-13-6-5-9-22(12-13)14-7-4-8-17-18-14/h4,7-8,13,16H,2-3,5-6,9-12H2,1H3/t13-/m1/s1. The minimum Gasteiger partial charge on any atom is -0.354 e. The Labute approximate surface area is 136 Å². The molecule has 1 saturated heterocycles. The number of aryl methyl sites for hydroxylation is 1. The van der Waals surface area contributed by atoms with Gasteiger partial charge in [-0.2, -0.15) is 5.10 Å².